The van der Waals surface area contributed by atoms with Crippen LogP contribution in [0.5, 0.6) is 0 Å². The molecular formula is C23H44N2O2. The molecule has 4 heteroatoms. The van der Waals surface area contributed by atoms with Crippen molar-refractivity contribution in [3.05, 3.63) is 0 Å². The quantitative estimate of drug-likeness (QED) is 0.296. The minimum absolute atomic E-state index is 0.368. The topological polar surface area (TPSA) is 36.1 Å². The van der Waals surface area contributed by atoms with Gasteiger partial charge in [-0.3, -0.25) is 4.79 Å². The van der Waals surface area contributed by atoms with Crippen molar-refractivity contribution < 1.29 is 9.53 Å². The lowest BCUT2D eigenvalue weighted by Gasteiger charge is -2.32. The zero-order chi connectivity index (χ0) is 19.3. The molecule has 1 amide bonds. The first-order chi connectivity index (χ1) is 13.2. The maximum Gasteiger partial charge on any atom is 0.222 e. The zero-order valence-electron chi connectivity index (χ0n) is 18.1. The van der Waals surface area contributed by atoms with Crippen molar-refractivity contribution in [3.8, 4) is 0 Å². The van der Waals surface area contributed by atoms with Crippen LogP contribution in [0.2, 0.25) is 0 Å². The van der Waals surface area contributed by atoms with Crippen LogP contribution in [0, 0.1) is 0 Å². The van der Waals surface area contributed by atoms with E-state index in [0.717, 1.165) is 39.0 Å². The van der Waals surface area contributed by atoms with Crippen molar-refractivity contribution in [2.45, 2.75) is 109 Å². The molecule has 27 heavy (non-hydrogen) atoms. The van der Waals surface area contributed by atoms with E-state index in [0.29, 0.717) is 18.1 Å². The fourth-order valence-electron chi connectivity index (χ4n) is 4.18. The monoisotopic (exact) mass is 380 g/mol. The summed E-state index contributed by atoms with van der Waals surface area (Å²) in [5.74, 6) is 0.368. The minimum atomic E-state index is 0.368. The van der Waals surface area contributed by atoms with E-state index in [4.69, 9.17) is 4.74 Å². The van der Waals surface area contributed by atoms with Crippen LogP contribution in [0.4, 0.5) is 0 Å². The second-order valence-electron chi connectivity index (χ2n) is 8.76. The summed E-state index contributed by atoms with van der Waals surface area (Å²) in [5.41, 5.74) is 0. The van der Waals surface area contributed by atoms with Crippen molar-refractivity contribution in [1.82, 2.24) is 9.80 Å². The zero-order valence-corrected chi connectivity index (χ0v) is 18.1. The van der Waals surface area contributed by atoms with Gasteiger partial charge in [0.25, 0.3) is 0 Å². The van der Waals surface area contributed by atoms with E-state index in [9.17, 15) is 4.79 Å². The minimum Gasteiger partial charge on any atom is -0.370 e. The Bertz CT molecular complexity index is 394. The van der Waals surface area contributed by atoms with E-state index >= 15 is 0 Å². The normalized spacial score (nSPS) is 23.0. The molecule has 2 rings (SSSR count). The number of amides is 1. The second-order valence-corrected chi connectivity index (χ2v) is 8.76. The molecule has 2 fully saturated rings. The van der Waals surface area contributed by atoms with Crippen LogP contribution in [0.15, 0.2) is 0 Å². The maximum atomic E-state index is 12.2. The highest BCUT2D eigenvalue weighted by Crippen LogP contribution is 2.31. The number of hydrogen-bond acceptors (Lipinski definition) is 3. The van der Waals surface area contributed by atoms with E-state index in [2.05, 4.69) is 18.9 Å². The molecule has 0 saturated carbocycles. The Kier molecular flexibility index (Phi) is 11.4. The number of piperazine rings is 1. The van der Waals surface area contributed by atoms with Gasteiger partial charge in [0.05, 0.1) is 12.2 Å². The number of unbranched alkanes of at least 4 members (excludes halogenated alkanes) is 9. The summed E-state index contributed by atoms with van der Waals surface area (Å²) < 4.78 is 5.82. The van der Waals surface area contributed by atoms with Crippen molar-refractivity contribution in [2.75, 3.05) is 33.2 Å². The molecule has 0 unspecified atom stereocenters. The van der Waals surface area contributed by atoms with Crippen LogP contribution in [0.25, 0.3) is 0 Å². The number of ether oxygens (including phenoxy) is 1. The van der Waals surface area contributed by atoms with Crippen molar-refractivity contribution >= 4 is 5.91 Å². The van der Waals surface area contributed by atoms with Gasteiger partial charge in [0.2, 0.25) is 5.91 Å². The highest BCUT2D eigenvalue weighted by atomic mass is 16.6. The van der Waals surface area contributed by atoms with E-state index in [1.807, 2.05) is 4.90 Å². The van der Waals surface area contributed by atoms with Crippen molar-refractivity contribution in [1.29, 1.82) is 0 Å². The molecule has 0 aliphatic carbocycles. The van der Waals surface area contributed by atoms with Crippen LogP contribution >= 0.6 is 0 Å². The van der Waals surface area contributed by atoms with Gasteiger partial charge in [-0.15, -0.1) is 0 Å². The number of nitrogens with zero attached hydrogens (tertiary/aromatic N) is 2. The lowest BCUT2D eigenvalue weighted by Crippen LogP contribution is -2.47. The lowest BCUT2D eigenvalue weighted by molar-refractivity contribution is -0.132. The largest absolute Gasteiger partial charge is 0.370 e. The van der Waals surface area contributed by atoms with Gasteiger partial charge in [-0.25, -0.2) is 0 Å². The van der Waals surface area contributed by atoms with Gasteiger partial charge in [-0.05, 0) is 26.3 Å². The first kappa shape index (κ1) is 22.7. The summed E-state index contributed by atoms with van der Waals surface area (Å²) in [6, 6.07) is 0. The number of carbonyl (C=O) groups is 1. The molecule has 4 nitrogen and oxygen atoms in total. The van der Waals surface area contributed by atoms with Crippen LogP contribution in [-0.4, -0.2) is 61.1 Å². The Morgan fingerprint density at radius 3 is 1.89 bits per heavy atom. The smallest absolute Gasteiger partial charge is 0.222 e. The summed E-state index contributed by atoms with van der Waals surface area (Å²) in [6.45, 7) is 6.15. The second kappa shape index (κ2) is 13.5. The van der Waals surface area contributed by atoms with Crippen LogP contribution in [-0.2, 0) is 9.53 Å². The fourth-order valence-corrected chi connectivity index (χ4v) is 4.18. The van der Waals surface area contributed by atoms with Gasteiger partial charge >= 0.3 is 0 Å². The molecule has 0 aromatic rings. The Morgan fingerprint density at radius 1 is 0.778 bits per heavy atom. The average molecular weight is 381 g/mol. The van der Waals surface area contributed by atoms with E-state index in [-0.39, 0.29) is 0 Å². The predicted molar refractivity (Wildman–Crippen MR) is 113 cm³/mol. The molecular weight excluding hydrogens is 336 g/mol. The number of epoxide rings is 1. The highest BCUT2D eigenvalue weighted by molar-refractivity contribution is 5.76. The third kappa shape index (κ3) is 9.94. The summed E-state index contributed by atoms with van der Waals surface area (Å²) in [7, 11) is 2.13. The molecule has 158 valence electrons. The molecule has 2 atom stereocenters. The molecule has 2 saturated heterocycles. The first-order valence-electron chi connectivity index (χ1n) is 11.8. The Morgan fingerprint density at radius 2 is 1.30 bits per heavy atom. The summed E-state index contributed by atoms with van der Waals surface area (Å²) in [4.78, 5) is 16.5. The van der Waals surface area contributed by atoms with Gasteiger partial charge in [-0.1, -0.05) is 71.1 Å². The van der Waals surface area contributed by atoms with Gasteiger partial charge in [0, 0.05) is 32.6 Å². The maximum absolute atomic E-state index is 12.2. The molecule has 2 heterocycles. The molecule has 2 aliphatic rings. The molecule has 0 radical (unpaired) electrons. The van der Waals surface area contributed by atoms with Crippen LogP contribution < -0.4 is 0 Å². The highest BCUT2D eigenvalue weighted by Gasteiger charge is 2.36. The number of hydrogen-bond donors (Lipinski definition) is 0. The van der Waals surface area contributed by atoms with Gasteiger partial charge in [-0.2, -0.15) is 0 Å². The molecule has 0 spiro atoms. The van der Waals surface area contributed by atoms with E-state index in [1.54, 1.807) is 0 Å². The number of rotatable bonds is 15. The van der Waals surface area contributed by atoms with Gasteiger partial charge in [0.15, 0.2) is 0 Å². The first-order valence-corrected chi connectivity index (χ1v) is 11.8. The average Bonchev–Trinajstić information content (AvgIpc) is 3.42. The standard InChI is InChI=1S/C23H44N2O2/c1-3-4-5-6-8-11-14-21-22(27-21)15-12-9-7-10-13-16-23(26)25-19-17-24(2)18-20-25/h21-22H,3-20H2,1-2H3/t21-,22+/m1/s1. The third-order valence-corrected chi connectivity index (χ3v) is 6.27. The lowest BCUT2D eigenvalue weighted by atomic mass is 10.0. The number of carbonyl (C=O) groups excluding carboxylic acids is 1. The van der Waals surface area contributed by atoms with Gasteiger partial charge in [0.1, 0.15) is 0 Å². The third-order valence-electron chi connectivity index (χ3n) is 6.27. The summed E-state index contributed by atoms with van der Waals surface area (Å²) >= 11 is 0. The molecule has 0 aromatic carbocycles. The molecule has 2 aliphatic heterocycles. The molecule has 0 aromatic heterocycles. The summed E-state index contributed by atoms with van der Waals surface area (Å²) in [6.07, 6.45) is 18.8. The number of likely N-dealkylation sites (N-methyl/N-ethyl adjacent to an activating group) is 1. The van der Waals surface area contributed by atoms with Crippen molar-refractivity contribution in [3.63, 3.8) is 0 Å². The summed E-state index contributed by atoms with van der Waals surface area (Å²) in [5, 5.41) is 0. The van der Waals surface area contributed by atoms with Gasteiger partial charge < -0.3 is 14.5 Å². The van der Waals surface area contributed by atoms with Crippen LogP contribution in [0.3, 0.4) is 0 Å². The Labute approximate surface area is 168 Å². The van der Waals surface area contributed by atoms with E-state index < -0.39 is 0 Å². The van der Waals surface area contributed by atoms with E-state index in [1.165, 1.54) is 77.0 Å². The Balaban J connectivity index is 1.33. The predicted octanol–water partition coefficient (Wildman–Crippen LogP) is 5.01. The van der Waals surface area contributed by atoms with Crippen LogP contribution in [0.1, 0.15) is 96.8 Å². The van der Waals surface area contributed by atoms with Crippen molar-refractivity contribution in [2.24, 2.45) is 0 Å². The Hall–Kier alpha value is -0.610. The molecule has 0 bridgehead atoms. The fraction of sp³-hybridized carbons (Fsp3) is 0.957. The SMILES string of the molecule is CCCCCCCC[C@H]1O[C@H]1CCCCCCCC(=O)N1CCN(C)CC1. The molecule has 0 N–H and O–H groups in total.